The molecule has 0 bridgehead atoms. The monoisotopic (exact) mass is 324 g/mol. The Morgan fingerprint density at radius 2 is 1.78 bits per heavy atom. The van der Waals surface area contributed by atoms with E-state index in [-0.39, 0.29) is 6.10 Å². The zero-order valence-electron chi connectivity index (χ0n) is 10.3. The van der Waals surface area contributed by atoms with Crippen molar-refractivity contribution in [2.75, 3.05) is 0 Å². The maximum atomic E-state index is 6.27. The Morgan fingerprint density at radius 3 is 2.39 bits per heavy atom. The minimum Gasteiger partial charge on any atom is -0.489 e. The zero-order chi connectivity index (χ0) is 13.1. The zero-order valence-corrected chi connectivity index (χ0v) is 12.6. The standard InChI is InChI=1S/C15H14BrClO/c1-10(2)18-15-13(8-12(16)9-14(15)17)11-6-4-3-5-7-11/h3-10H,1-2H3. The van der Waals surface area contributed by atoms with Gasteiger partial charge in [-0.1, -0.05) is 57.9 Å². The van der Waals surface area contributed by atoms with Gasteiger partial charge in [0.15, 0.2) is 0 Å². The molecule has 2 aromatic carbocycles. The van der Waals surface area contributed by atoms with E-state index in [0.29, 0.717) is 5.02 Å². The second-order valence-electron chi connectivity index (χ2n) is 4.30. The molecule has 94 valence electrons. The van der Waals surface area contributed by atoms with Gasteiger partial charge in [0.05, 0.1) is 11.1 Å². The van der Waals surface area contributed by atoms with Crippen molar-refractivity contribution in [1.29, 1.82) is 0 Å². The minimum atomic E-state index is 0.0890. The Bertz CT molecular complexity index is 538. The third kappa shape index (κ3) is 3.06. The Balaban J connectivity index is 2.57. The molecule has 0 radical (unpaired) electrons. The van der Waals surface area contributed by atoms with E-state index >= 15 is 0 Å². The first-order valence-electron chi connectivity index (χ1n) is 5.79. The smallest absolute Gasteiger partial charge is 0.146 e. The summed E-state index contributed by atoms with van der Waals surface area (Å²) in [6, 6.07) is 14.0. The Kier molecular flexibility index (Phi) is 4.31. The van der Waals surface area contributed by atoms with Crippen LogP contribution < -0.4 is 4.74 Å². The molecule has 2 aromatic rings. The summed E-state index contributed by atoms with van der Waals surface area (Å²) in [4.78, 5) is 0. The fourth-order valence-corrected chi connectivity index (χ4v) is 2.60. The molecule has 3 heteroatoms. The summed E-state index contributed by atoms with van der Waals surface area (Å²) in [5, 5.41) is 0.622. The summed E-state index contributed by atoms with van der Waals surface area (Å²) in [5.41, 5.74) is 2.10. The molecule has 0 saturated carbocycles. The molecule has 0 spiro atoms. The first kappa shape index (κ1) is 13.4. The molecule has 2 rings (SSSR count). The van der Waals surface area contributed by atoms with Crippen LogP contribution in [0.4, 0.5) is 0 Å². The molecular weight excluding hydrogens is 312 g/mol. The van der Waals surface area contributed by atoms with Gasteiger partial charge in [-0.05, 0) is 31.5 Å². The van der Waals surface area contributed by atoms with E-state index in [1.165, 1.54) is 0 Å². The summed E-state index contributed by atoms with van der Waals surface area (Å²) in [6.07, 6.45) is 0.0890. The first-order chi connectivity index (χ1) is 8.58. The minimum absolute atomic E-state index is 0.0890. The van der Waals surface area contributed by atoms with Crippen molar-refractivity contribution in [3.05, 3.63) is 52.0 Å². The topological polar surface area (TPSA) is 9.23 Å². The van der Waals surface area contributed by atoms with E-state index in [1.54, 1.807) is 0 Å². The molecule has 0 aliphatic carbocycles. The largest absolute Gasteiger partial charge is 0.489 e. The second kappa shape index (κ2) is 5.77. The molecule has 0 atom stereocenters. The van der Waals surface area contributed by atoms with Crippen LogP contribution in [-0.2, 0) is 0 Å². The number of benzene rings is 2. The lowest BCUT2D eigenvalue weighted by Crippen LogP contribution is -2.07. The first-order valence-corrected chi connectivity index (χ1v) is 6.96. The maximum Gasteiger partial charge on any atom is 0.146 e. The predicted molar refractivity (Wildman–Crippen MR) is 80.4 cm³/mol. The number of halogens is 2. The SMILES string of the molecule is CC(C)Oc1c(Cl)cc(Br)cc1-c1ccccc1. The second-order valence-corrected chi connectivity index (χ2v) is 5.62. The number of ether oxygens (including phenoxy) is 1. The van der Waals surface area contributed by atoms with E-state index in [4.69, 9.17) is 16.3 Å². The normalized spacial score (nSPS) is 10.7. The van der Waals surface area contributed by atoms with Gasteiger partial charge in [0.1, 0.15) is 5.75 Å². The van der Waals surface area contributed by atoms with Gasteiger partial charge in [-0.15, -0.1) is 0 Å². The lowest BCUT2D eigenvalue weighted by atomic mass is 10.0. The molecule has 0 aromatic heterocycles. The van der Waals surface area contributed by atoms with Crippen LogP contribution in [0.5, 0.6) is 5.75 Å². The van der Waals surface area contributed by atoms with E-state index in [1.807, 2.05) is 56.3 Å². The Labute approximate surface area is 121 Å². The molecule has 0 saturated heterocycles. The van der Waals surface area contributed by atoms with Gasteiger partial charge >= 0.3 is 0 Å². The van der Waals surface area contributed by atoms with Crippen LogP contribution in [0.2, 0.25) is 5.02 Å². The van der Waals surface area contributed by atoms with E-state index in [0.717, 1.165) is 21.3 Å². The molecule has 0 heterocycles. The summed E-state index contributed by atoms with van der Waals surface area (Å²) >= 11 is 9.74. The van der Waals surface area contributed by atoms with Crippen molar-refractivity contribution in [2.24, 2.45) is 0 Å². The van der Waals surface area contributed by atoms with Crippen LogP contribution in [0.3, 0.4) is 0 Å². The molecular formula is C15H14BrClO. The van der Waals surface area contributed by atoms with Crippen LogP contribution in [0.1, 0.15) is 13.8 Å². The van der Waals surface area contributed by atoms with Crippen LogP contribution in [0, 0.1) is 0 Å². The summed E-state index contributed by atoms with van der Waals surface area (Å²) in [6.45, 7) is 3.99. The van der Waals surface area contributed by atoms with Crippen molar-refractivity contribution in [3.8, 4) is 16.9 Å². The number of hydrogen-bond donors (Lipinski definition) is 0. The van der Waals surface area contributed by atoms with E-state index < -0.39 is 0 Å². The molecule has 0 amide bonds. The molecule has 0 N–H and O–H groups in total. The lowest BCUT2D eigenvalue weighted by Gasteiger charge is -2.16. The molecule has 0 aliphatic rings. The fraction of sp³-hybridized carbons (Fsp3) is 0.200. The van der Waals surface area contributed by atoms with Gasteiger partial charge in [-0.25, -0.2) is 0 Å². The molecule has 1 nitrogen and oxygen atoms in total. The Hall–Kier alpha value is -0.990. The van der Waals surface area contributed by atoms with Crippen molar-refractivity contribution in [1.82, 2.24) is 0 Å². The van der Waals surface area contributed by atoms with Gasteiger partial charge in [-0.3, -0.25) is 0 Å². The third-order valence-electron chi connectivity index (χ3n) is 2.45. The highest BCUT2D eigenvalue weighted by molar-refractivity contribution is 9.10. The maximum absolute atomic E-state index is 6.27. The molecule has 18 heavy (non-hydrogen) atoms. The fourth-order valence-electron chi connectivity index (χ4n) is 1.75. The highest BCUT2D eigenvalue weighted by Crippen LogP contribution is 2.39. The van der Waals surface area contributed by atoms with Crippen molar-refractivity contribution >= 4 is 27.5 Å². The van der Waals surface area contributed by atoms with Crippen molar-refractivity contribution < 1.29 is 4.74 Å². The number of rotatable bonds is 3. The van der Waals surface area contributed by atoms with Crippen LogP contribution in [0.15, 0.2) is 46.9 Å². The van der Waals surface area contributed by atoms with Gasteiger partial charge in [0, 0.05) is 10.0 Å². The lowest BCUT2D eigenvalue weighted by molar-refractivity contribution is 0.243. The van der Waals surface area contributed by atoms with Gasteiger partial charge in [0.2, 0.25) is 0 Å². The summed E-state index contributed by atoms with van der Waals surface area (Å²) in [7, 11) is 0. The van der Waals surface area contributed by atoms with Crippen LogP contribution in [-0.4, -0.2) is 6.10 Å². The van der Waals surface area contributed by atoms with Crippen molar-refractivity contribution in [2.45, 2.75) is 20.0 Å². The quantitative estimate of drug-likeness (QED) is 0.718. The predicted octanol–water partition coefficient (Wildman–Crippen LogP) is 5.56. The van der Waals surface area contributed by atoms with E-state index in [2.05, 4.69) is 15.9 Å². The average molecular weight is 326 g/mol. The average Bonchev–Trinajstić information content (AvgIpc) is 2.33. The van der Waals surface area contributed by atoms with Crippen LogP contribution >= 0.6 is 27.5 Å². The van der Waals surface area contributed by atoms with Crippen LogP contribution in [0.25, 0.3) is 11.1 Å². The third-order valence-corrected chi connectivity index (χ3v) is 3.19. The van der Waals surface area contributed by atoms with Gasteiger partial charge < -0.3 is 4.74 Å². The van der Waals surface area contributed by atoms with Gasteiger partial charge in [0.25, 0.3) is 0 Å². The molecule has 0 unspecified atom stereocenters. The van der Waals surface area contributed by atoms with E-state index in [9.17, 15) is 0 Å². The molecule has 0 fully saturated rings. The number of hydrogen-bond acceptors (Lipinski definition) is 1. The highest BCUT2D eigenvalue weighted by Gasteiger charge is 2.13. The summed E-state index contributed by atoms with van der Waals surface area (Å²) < 4.78 is 6.78. The van der Waals surface area contributed by atoms with Crippen molar-refractivity contribution in [3.63, 3.8) is 0 Å². The van der Waals surface area contributed by atoms with Gasteiger partial charge in [-0.2, -0.15) is 0 Å². The molecule has 0 aliphatic heterocycles. The summed E-state index contributed by atoms with van der Waals surface area (Å²) in [5.74, 6) is 0.737. The Morgan fingerprint density at radius 1 is 1.11 bits per heavy atom. The highest BCUT2D eigenvalue weighted by atomic mass is 79.9.